The largest absolute Gasteiger partial charge is 0.459 e. The van der Waals surface area contributed by atoms with Crippen LogP contribution in [0.4, 0.5) is 14.0 Å². The number of fused-ring (bicyclic) bond motifs is 2. The van der Waals surface area contributed by atoms with Gasteiger partial charge in [-0.2, -0.15) is 0 Å². The molecule has 68 heavy (non-hydrogen) atoms. The van der Waals surface area contributed by atoms with E-state index < -0.39 is 35.8 Å². The second kappa shape index (κ2) is 24.8. The summed E-state index contributed by atoms with van der Waals surface area (Å²) in [5, 5.41) is 27.6. The average molecular weight is 934 g/mol. The number of benzene rings is 4. The van der Waals surface area contributed by atoms with Gasteiger partial charge >= 0.3 is 12.2 Å². The average Bonchev–Trinajstić information content (AvgIpc) is 3.35. The molecule has 0 spiro atoms. The summed E-state index contributed by atoms with van der Waals surface area (Å²) in [4.78, 5) is 35.6. The zero-order valence-electron chi connectivity index (χ0n) is 38.8. The smallest absolute Gasteiger partial charge is 0.412 e. The number of nitrogens with zero attached hydrogens (tertiary/aromatic N) is 2. The number of unbranched alkanes of at least 4 members (excludes halogenated alkanes) is 2. The number of oxime groups is 1. The van der Waals surface area contributed by atoms with Crippen LogP contribution in [0.25, 0.3) is 0 Å². The first-order valence-corrected chi connectivity index (χ1v) is 23.8. The lowest BCUT2D eigenvalue weighted by atomic mass is 9.55. The number of allylic oxidation sites excluding steroid dienone is 1. The summed E-state index contributed by atoms with van der Waals surface area (Å²) in [6.45, 7) is 6.92. The molecule has 7 rings (SSSR count). The Morgan fingerprint density at radius 2 is 1.60 bits per heavy atom. The molecule has 6 unspecified atom stereocenters. The number of aliphatic hydroxyl groups excluding tert-OH is 2. The van der Waals surface area contributed by atoms with Crippen molar-refractivity contribution in [3.8, 4) is 11.5 Å². The third kappa shape index (κ3) is 12.3. The maximum atomic E-state index is 14.9. The summed E-state index contributed by atoms with van der Waals surface area (Å²) in [6.07, 6.45) is 6.88. The molecule has 3 N–H and O–H groups in total. The van der Waals surface area contributed by atoms with Crippen LogP contribution in [0.3, 0.4) is 0 Å². The summed E-state index contributed by atoms with van der Waals surface area (Å²) in [7, 11) is 0. The monoisotopic (exact) mass is 933 g/mol. The molecule has 3 aliphatic rings. The van der Waals surface area contributed by atoms with E-state index in [4.69, 9.17) is 33.7 Å². The summed E-state index contributed by atoms with van der Waals surface area (Å²) >= 11 is 0. The van der Waals surface area contributed by atoms with Crippen LogP contribution >= 0.6 is 0 Å². The zero-order valence-corrected chi connectivity index (χ0v) is 38.8. The minimum atomic E-state index is -1.60. The van der Waals surface area contributed by atoms with Crippen molar-refractivity contribution in [3.05, 3.63) is 156 Å². The van der Waals surface area contributed by atoms with Crippen LogP contribution in [0.15, 0.2) is 133 Å². The lowest BCUT2D eigenvalue weighted by Gasteiger charge is -2.59. The molecule has 14 heteroatoms. The minimum Gasteiger partial charge on any atom is -0.459 e. The zero-order chi connectivity index (χ0) is 47.7. The van der Waals surface area contributed by atoms with E-state index in [0.29, 0.717) is 55.2 Å². The molecule has 4 aromatic rings. The van der Waals surface area contributed by atoms with E-state index in [1.165, 1.54) is 12.1 Å². The van der Waals surface area contributed by atoms with Crippen molar-refractivity contribution in [1.29, 1.82) is 0 Å². The Balaban J connectivity index is 1.39. The predicted octanol–water partition coefficient (Wildman–Crippen LogP) is 9.62. The van der Waals surface area contributed by atoms with Gasteiger partial charge in [-0.1, -0.05) is 103 Å². The van der Waals surface area contributed by atoms with Crippen molar-refractivity contribution in [2.45, 2.75) is 89.4 Å². The molecule has 0 aromatic heterocycles. The molecule has 4 aromatic carbocycles. The van der Waals surface area contributed by atoms with Gasteiger partial charge in [-0.15, -0.1) is 6.58 Å². The Kier molecular flexibility index (Phi) is 18.2. The maximum Gasteiger partial charge on any atom is 0.412 e. The first-order valence-electron chi connectivity index (χ1n) is 23.8. The minimum absolute atomic E-state index is 0.0122. The van der Waals surface area contributed by atoms with Gasteiger partial charge in [0.1, 0.15) is 36.6 Å². The summed E-state index contributed by atoms with van der Waals surface area (Å²) < 4.78 is 46.6. The molecule has 0 bridgehead atoms. The van der Waals surface area contributed by atoms with E-state index >= 15 is 0 Å². The van der Waals surface area contributed by atoms with Crippen molar-refractivity contribution >= 4 is 17.9 Å². The fraction of sp³-hybridized carbons (Fsp3) is 0.426. The second-order valence-corrected chi connectivity index (χ2v) is 17.4. The number of halogens is 1. The molecule has 13 nitrogen and oxygen atoms in total. The highest BCUT2D eigenvalue weighted by atomic mass is 19.1. The lowest BCUT2D eigenvalue weighted by molar-refractivity contribution is -0.256. The normalized spacial score (nSPS) is 21.9. The molecular weight excluding hydrogens is 870 g/mol. The van der Waals surface area contributed by atoms with Gasteiger partial charge in [-0.3, -0.25) is 4.90 Å². The Morgan fingerprint density at radius 3 is 2.29 bits per heavy atom. The molecule has 1 heterocycles. The van der Waals surface area contributed by atoms with Gasteiger partial charge < -0.3 is 44.1 Å². The third-order valence-electron chi connectivity index (χ3n) is 12.9. The second-order valence-electron chi connectivity index (χ2n) is 17.4. The number of aliphatic hydroxyl groups is 2. The molecule has 362 valence electrons. The molecule has 6 atom stereocenters. The number of hydrogen-bond acceptors (Lipinski definition) is 11. The molecule has 2 amide bonds. The van der Waals surface area contributed by atoms with E-state index in [2.05, 4.69) is 18.0 Å². The molecule has 0 saturated heterocycles. The molecule has 0 radical (unpaired) electrons. The van der Waals surface area contributed by atoms with Crippen molar-refractivity contribution in [2.24, 2.45) is 22.9 Å². The van der Waals surface area contributed by atoms with E-state index in [1.54, 1.807) is 35.2 Å². The highest BCUT2D eigenvalue weighted by Crippen LogP contribution is 2.62. The highest BCUT2D eigenvalue weighted by molar-refractivity contribution is 6.03. The van der Waals surface area contributed by atoms with Gasteiger partial charge in [0.2, 0.25) is 5.79 Å². The van der Waals surface area contributed by atoms with Crippen LogP contribution < -0.4 is 14.8 Å². The number of ether oxygens (including phenoxy) is 5. The Bertz CT molecular complexity index is 2310. The van der Waals surface area contributed by atoms with Gasteiger partial charge in [0.05, 0.1) is 31.5 Å². The summed E-state index contributed by atoms with van der Waals surface area (Å²) in [5.41, 5.74) is 4.74. The number of hydrogen-bond donors (Lipinski definition) is 3. The Labute approximate surface area is 398 Å². The van der Waals surface area contributed by atoms with E-state index in [1.807, 2.05) is 73.7 Å². The number of rotatable bonds is 24. The van der Waals surface area contributed by atoms with Crippen molar-refractivity contribution < 1.29 is 52.7 Å². The summed E-state index contributed by atoms with van der Waals surface area (Å²) in [6, 6.07) is 29.8. The van der Waals surface area contributed by atoms with Crippen molar-refractivity contribution in [2.75, 3.05) is 39.6 Å². The van der Waals surface area contributed by atoms with Crippen molar-refractivity contribution in [3.63, 3.8) is 0 Å². The van der Waals surface area contributed by atoms with E-state index in [-0.39, 0.29) is 70.4 Å². The number of nitrogens with one attached hydrogen (secondary N) is 1. The van der Waals surface area contributed by atoms with Crippen LogP contribution in [0.1, 0.15) is 80.0 Å². The molecule has 2 aliphatic carbocycles. The quantitative estimate of drug-likeness (QED) is 0.0351. The van der Waals surface area contributed by atoms with Crippen LogP contribution in [-0.2, 0) is 38.8 Å². The number of carbonyl (C=O) groups is 2. The number of amides is 2. The highest BCUT2D eigenvalue weighted by Gasteiger charge is 2.65. The van der Waals surface area contributed by atoms with Gasteiger partial charge in [0, 0.05) is 44.2 Å². The van der Waals surface area contributed by atoms with Crippen LogP contribution in [0.2, 0.25) is 0 Å². The summed E-state index contributed by atoms with van der Waals surface area (Å²) in [5.74, 6) is -2.34. The fourth-order valence-electron chi connectivity index (χ4n) is 9.88. The van der Waals surface area contributed by atoms with Crippen molar-refractivity contribution in [1.82, 2.24) is 10.2 Å². The Hall–Kier alpha value is -6.06. The van der Waals surface area contributed by atoms with Gasteiger partial charge in [0.25, 0.3) is 0 Å². The first kappa shape index (κ1) is 49.8. The van der Waals surface area contributed by atoms with Gasteiger partial charge in [-0.25, -0.2) is 14.0 Å². The number of carbonyl (C=O) groups excluding carboxylic acids is 2. The van der Waals surface area contributed by atoms with E-state index in [9.17, 15) is 24.2 Å². The molecular formula is C54H64FN3O10. The maximum absolute atomic E-state index is 14.9. The fourth-order valence-corrected chi connectivity index (χ4v) is 9.88. The first-order chi connectivity index (χ1) is 33.3. The van der Waals surface area contributed by atoms with E-state index in [0.717, 1.165) is 41.5 Å². The topological polar surface area (TPSA) is 158 Å². The molecule has 1 fully saturated rings. The van der Waals surface area contributed by atoms with Gasteiger partial charge in [0.15, 0.2) is 0 Å². The van der Waals surface area contributed by atoms with Crippen LogP contribution in [0.5, 0.6) is 11.5 Å². The van der Waals surface area contributed by atoms with Crippen LogP contribution in [-0.4, -0.2) is 84.4 Å². The van der Waals surface area contributed by atoms with Gasteiger partial charge in [-0.05, 0) is 97.0 Å². The standard InChI is InChI=1S/C54H64FN3O10/c1-3-29-65-54-49(58(35-38-21-23-42(55)24-22-38)53(62)64-31-30-63-36-39-15-7-5-8-16-39)34-47(57-66-37-40-17-9-6-10-18-40)45-32-41(19-11-13-27-59)44(20-12-14-28-60)50(51(45)54)46-33-43(25-26-48(46)68-54)67-52(61)56-4-2/h3,5-10,15-18,21-26,32-33,41,44,49-51,59-60H,1,4,11-14,19-20,27-31,34-37H2,2H3,(H,56,61). The SMILES string of the molecule is C=CCOC12Oc3ccc(OC(=O)NCC)cc3C3C(CCCCO)C(CCCCO)C=C(C(=NOCc4ccccc4)CC1N(Cc1ccc(F)cc1)C(=O)OCCOCc1ccccc1)C32. The molecule has 1 saturated carbocycles. The van der Waals surface area contributed by atoms with Crippen LogP contribution in [0, 0.1) is 23.6 Å². The molecule has 1 aliphatic heterocycles. The Morgan fingerprint density at radius 1 is 0.897 bits per heavy atom. The predicted molar refractivity (Wildman–Crippen MR) is 255 cm³/mol. The lowest BCUT2D eigenvalue weighted by Crippen LogP contribution is -2.70. The third-order valence-corrected chi connectivity index (χ3v) is 12.9.